The maximum atomic E-state index is 11.9. The fourth-order valence-corrected chi connectivity index (χ4v) is 2.61. The highest BCUT2D eigenvalue weighted by atomic mass is 79.9. The maximum absolute atomic E-state index is 11.9. The molecule has 0 radical (unpaired) electrons. The number of aromatic nitrogens is 3. The van der Waals surface area contributed by atoms with Gasteiger partial charge in [0.1, 0.15) is 10.4 Å². The van der Waals surface area contributed by atoms with Gasteiger partial charge in [-0.3, -0.25) is 14.5 Å². The van der Waals surface area contributed by atoms with Crippen molar-refractivity contribution in [1.29, 1.82) is 0 Å². The largest absolute Gasteiger partial charge is 0.325 e. The molecule has 0 bridgehead atoms. The summed E-state index contributed by atoms with van der Waals surface area (Å²) < 4.78 is 26.4. The third-order valence-electron chi connectivity index (χ3n) is 2.03. The van der Waals surface area contributed by atoms with Crippen LogP contribution in [0.2, 0.25) is 0 Å². The van der Waals surface area contributed by atoms with Crippen LogP contribution in [0.15, 0.2) is 43.5 Å². The summed E-state index contributed by atoms with van der Waals surface area (Å²) in [5.41, 5.74) is -1.80. The number of rotatable bonds is 3. The molecule has 10 heteroatoms. The van der Waals surface area contributed by atoms with Crippen molar-refractivity contribution in [2.24, 2.45) is 0 Å². The number of aromatic amines is 2. The lowest BCUT2D eigenvalue weighted by Gasteiger charge is -2.06. The highest BCUT2D eigenvalue weighted by Gasteiger charge is 2.19. The minimum absolute atomic E-state index is 0.0416. The Hall–Kier alpha value is -1.94. The van der Waals surface area contributed by atoms with E-state index in [1.54, 1.807) is 12.1 Å². The molecule has 2 rings (SSSR count). The van der Waals surface area contributed by atoms with Gasteiger partial charge >= 0.3 is 5.69 Å². The minimum Gasteiger partial charge on any atom is -0.313 e. The number of sulfonamides is 1. The molecule has 0 saturated carbocycles. The number of pyridine rings is 1. The van der Waals surface area contributed by atoms with E-state index < -0.39 is 26.2 Å². The van der Waals surface area contributed by atoms with E-state index in [0.29, 0.717) is 4.60 Å². The van der Waals surface area contributed by atoms with Crippen molar-refractivity contribution in [3.05, 3.63) is 49.8 Å². The zero-order chi connectivity index (χ0) is 14.0. The number of nitrogens with zero attached hydrogens (tertiary/aromatic N) is 1. The quantitative estimate of drug-likeness (QED) is 0.675. The third kappa shape index (κ3) is 3.09. The van der Waals surface area contributed by atoms with Gasteiger partial charge in [0.15, 0.2) is 4.90 Å². The van der Waals surface area contributed by atoms with Crippen LogP contribution in [0.3, 0.4) is 0 Å². The Labute approximate surface area is 115 Å². The number of nitrogens with one attached hydrogen (secondary N) is 3. The van der Waals surface area contributed by atoms with Gasteiger partial charge in [-0.05, 0) is 28.1 Å². The minimum atomic E-state index is -4.12. The molecule has 0 atom stereocenters. The number of H-pyrrole nitrogens is 2. The summed E-state index contributed by atoms with van der Waals surface area (Å²) in [7, 11) is -4.12. The van der Waals surface area contributed by atoms with Crippen molar-refractivity contribution >= 4 is 31.8 Å². The summed E-state index contributed by atoms with van der Waals surface area (Å²) in [6, 6.07) is 4.61. The molecule has 2 heterocycles. The molecule has 0 aromatic carbocycles. The Kier molecular flexibility index (Phi) is 3.53. The van der Waals surface area contributed by atoms with E-state index in [2.05, 4.69) is 30.6 Å². The summed E-state index contributed by atoms with van der Waals surface area (Å²) in [4.78, 5) is 29.4. The van der Waals surface area contributed by atoms with Crippen molar-refractivity contribution in [3.8, 4) is 0 Å². The first-order chi connectivity index (χ1) is 8.88. The van der Waals surface area contributed by atoms with Crippen LogP contribution in [0.1, 0.15) is 0 Å². The molecule has 0 unspecified atom stereocenters. The fourth-order valence-electron chi connectivity index (χ4n) is 1.25. The van der Waals surface area contributed by atoms with Gasteiger partial charge in [-0.25, -0.2) is 18.2 Å². The van der Waals surface area contributed by atoms with Crippen molar-refractivity contribution in [2.75, 3.05) is 4.72 Å². The zero-order valence-electron chi connectivity index (χ0n) is 9.18. The summed E-state index contributed by atoms with van der Waals surface area (Å²) in [5, 5.41) is 0. The Morgan fingerprint density at radius 1 is 1.26 bits per heavy atom. The van der Waals surface area contributed by atoms with Crippen LogP contribution in [-0.2, 0) is 10.0 Å². The topological polar surface area (TPSA) is 125 Å². The molecule has 2 aromatic heterocycles. The first-order valence-electron chi connectivity index (χ1n) is 4.86. The molecule has 8 nitrogen and oxygen atoms in total. The first kappa shape index (κ1) is 13.5. The van der Waals surface area contributed by atoms with Gasteiger partial charge in [0.05, 0.1) is 0 Å². The van der Waals surface area contributed by atoms with Gasteiger partial charge in [-0.15, -0.1) is 0 Å². The molecule has 2 aromatic rings. The van der Waals surface area contributed by atoms with E-state index in [0.717, 1.165) is 6.20 Å². The van der Waals surface area contributed by atoms with E-state index in [4.69, 9.17) is 0 Å². The lowest BCUT2D eigenvalue weighted by atomic mass is 10.5. The first-order valence-corrected chi connectivity index (χ1v) is 7.13. The fraction of sp³-hybridized carbons (Fsp3) is 0. The van der Waals surface area contributed by atoms with Crippen LogP contribution in [0, 0.1) is 0 Å². The summed E-state index contributed by atoms with van der Waals surface area (Å²) in [6.07, 6.45) is 0.821. The number of hydrogen-bond acceptors (Lipinski definition) is 5. The van der Waals surface area contributed by atoms with Crippen molar-refractivity contribution in [2.45, 2.75) is 4.90 Å². The molecular weight excluding hydrogens is 340 g/mol. The molecule has 100 valence electrons. The van der Waals surface area contributed by atoms with Gasteiger partial charge in [-0.2, -0.15) is 0 Å². The molecule has 19 heavy (non-hydrogen) atoms. The van der Waals surface area contributed by atoms with E-state index >= 15 is 0 Å². The lowest BCUT2D eigenvalue weighted by Crippen LogP contribution is -2.29. The Morgan fingerprint density at radius 2 is 2.00 bits per heavy atom. The second kappa shape index (κ2) is 4.97. The van der Waals surface area contributed by atoms with Gasteiger partial charge in [-0.1, -0.05) is 6.07 Å². The average molecular weight is 347 g/mol. The molecule has 0 spiro atoms. The van der Waals surface area contributed by atoms with Crippen molar-refractivity contribution in [1.82, 2.24) is 15.0 Å². The number of hydrogen-bond donors (Lipinski definition) is 3. The van der Waals surface area contributed by atoms with Gasteiger partial charge in [0, 0.05) is 6.20 Å². The molecular formula is C9H7BrN4O4S. The van der Waals surface area contributed by atoms with Crippen LogP contribution in [-0.4, -0.2) is 23.4 Å². The van der Waals surface area contributed by atoms with Crippen LogP contribution < -0.4 is 16.0 Å². The number of halogens is 1. The molecule has 3 N–H and O–H groups in total. The maximum Gasteiger partial charge on any atom is 0.325 e. The SMILES string of the molecule is O=c1[nH]cc(S(=O)(=O)Nc2cccc(Br)n2)c(=O)[nH]1. The highest BCUT2D eigenvalue weighted by molar-refractivity contribution is 9.10. The van der Waals surface area contributed by atoms with Crippen LogP contribution in [0.4, 0.5) is 5.82 Å². The Balaban J connectivity index is 2.43. The van der Waals surface area contributed by atoms with Gasteiger partial charge in [0.25, 0.3) is 15.6 Å². The molecule has 0 saturated heterocycles. The van der Waals surface area contributed by atoms with Gasteiger partial charge in [0.2, 0.25) is 0 Å². The highest BCUT2D eigenvalue weighted by Crippen LogP contribution is 2.13. The Morgan fingerprint density at radius 3 is 2.63 bits per heavy atom. The second-order valence-corrected chi connectivity index (χ2v) is 5.85. The average Bonchev–Trinajstić information content (AvgIpc) is 2.27. The smallest absolute Gasteiger partial charge is 0.313 e. The van der Waals surface area contributed by atoms with Crippen LogP contribution in [0.5, 0.6) is 0 Å². The summed E-state index contributed by atoms with van der Waals surface area (Å²) >= 11 is 3.09. The van der Waals surface area contributed by atoms with Gasteiger partial charge < -0.3 is 4.98 Å². The monoisotopic (exact) mass is 346 g/mol. The standard InChI is InChI=1S/C9H7BrN4O4S/c10-6-2-1-3-7(12-6)14-19(17,18)5-4-11-9(16)13-8(5)15/h1-4H,(H,12,14)(H2,11,13,15,16). The van der Waals surface area contributed by atoms with Crippen molar-refractivity contribution < 1.29 is 8.42 Å². The normalized spacial score (nSPS) is 11.2. The van der Waals surface area contributed by atoms with E-state index in [-0.39, 0.29) is 5.82 Å². The van der Waals surface area contributed by atoms with Crippen LogP contribution in [0.25, 0.3) is 0 Å². The van der Waals surface area contributed by atoms with E-state index in [1.807, 2.05) is 4.98 Å². The number of anilines is 1. The molecule has 0 aliphatic rings. The molecule has 0 aliphatic carbocycles. The zero-order valence-corrected chi connectivity index (χ0v) is 11.6. The molecule has 0 aliphatic heterocycles. The summed E-state index contributed by atoms with van der Waals surface area (Å²) in [5.74, 6) is 0.0416. The van der Waals surface area contributed by atoms with Crippen LogP contribution >= 0.6 is 15.9 Å². The molecule has 0 amide bonds. The summed E-state index contributed by atoms with van der Waals surface area (Å²) in [6.45, 7) is 0. The predicted molar refractivity (Wildman–Crippen MR) is 70.4 cm³/mol. The predicted octanol–water partition coefficient (Wildman–Crippen LogP) is 0.0215. The van der Waals surface area contributed by atoms with E-state index in [9.17, 15) is 18.0 Å². The second-order valence-electron chi connectivity index (χ2n) is 3.39. The molecule has 0 fully saturated rings. The van der Waals surface area contributed by atoms with E-state index in [1.165, 1.54) is 6.07 Å². The third-order valence-corrected chi connectivity index (χ3v) is 3.83. The lowest BCUT2D eigenvalue weighted by molar-refractivity contribution is 0.598. The van der Waals surface area contributed by atoms with Crippen molar-refractivity contribution in [3.63, 3.8) is 0 Å². The Bertz CT molecular complexity index is 826.